The molecule has 1 fully saturated rings. The highest BCUT2D eigenvalue weighted by atomic mass is 35.5. The van der Waals surface area contributed by atoms with Gasteiger partial charge in [0.2, 0.25) is 5.91 Å². The first-order valence-electron chi connectivity index (χ1n) is 8.35. The molecule has 0 spiro atoms. The highest BCUT2D eigenvalue weighted by Crippen LogP contribution is 2.29. The molecule has 1 heterocycles. The number of hydrogen-bond donors (Lipinski definition) is 0. The SMILES string of the molecule is N#CCCN(CCC#N)C(=O)CN1CCOC(c2ccc(Cl)c(Cl)c2)C1. The van der Waals surface area contributed by atoms with E-state index in [1.54, 1.807) is 17.0 Å². The smallest absolute Gasteiger partial charge is 0.236 e. The van der Waals surface area contributed by atoms with Crippen LogP contribution < -0.4 is 0 Å². The van der Waals surface area contributed by atoms with Gasteiger partial charge in [-0.3, -0.25) is 9.69 Å². The van der Waals surface area contributed by atoms with Gasteiger partial charge < -0.3 is 9.64 Å². The maximum Gasteiger partial charge on any atom is 0.236 e. The van der Waals surface area contributed by atoms with Crippen LogP contribution in [0.4, 0.5) is 0 Å². The molecule has 1 unspecified atom stereocenters. The number of carbonyl (C=O) groups excluding carboxylic acids is 1. The quantitative estimate of drug-likeness (QED) is 0.709. The van der Waals surface area contributed by atoms with Gasteiger partial charge in [0.05, 0.1) is 54.3 Å². The van der Waals surface area contributed by atoms with Crippen LogP contribution in [-0.4, -0.2) is 55.0 Å². The number of hydrogen-bond acceptors (Lipinski definition) is 5. The van der Waals surface area contributed by atoms with Gasteiger partial charge in [-0.15, -0.1) is 0 Å². The number of morpholine rings is 1. The van der Waals surface area contributed by atoms with Gasteiger partial charge in [0, 0.05) is 26.2 Å². The molecule has 1 amide bonds. The third-order valence-electron chi connectivity index (χ3n) is 4.16. The lowest BCUT2D eigenvalue weighted by Crippen LogP contribution is -2.46. The Morgan fingerprint density at radius 2 is 1.92 bits per heavy atom. The molecule has 6 nitrogen and oxygen atoms in total. The lowest BCUT2D eigenvalue weighted by atomic mass is 10.1. The van der Waals surface area contributed by atoms with Gasteiger partial charge in [0.25, 0.3) is 0 Å². The fourth-order valence-electron chi connectivity index (χ4n) is 2.78. The minimum atomic E-state index is -0.182. The second kappa shape index (κ2) is 10.4. The van der Waals surface area contributed by atoms with Crippen LogP contribution in [0.3, 0.4) is 0 Å². The van der Waals surface area contributed by atoms with Crippen LogP contribution in [0.5, 0.6) is 0 Å². The molecule has 1 aliphatic heterocycles. The molecule has 0 radical (unpaired) electrons. The van der Waals surface area contributed by atoms with E-state index in [0.29, 0.717) is 42.8 Å². The number of carbonyl (C=O) groups is 1. The molecule has 1 aromatic carbocycles. The van der Waals surface area contributed by atoms with Crippen LogP contribution in [-0.2, 0) is 9.53 Å². The summed E-state index contributed by atoms with van der Waals surface area (Å²) in [6.45, 7) is 2.64. The van der Waals surface area contributed by atoms with Crippen molar-refractivity contribution < 1.29 is 9.53 Å². The third kappa shape index (κ3) is 5.86. The molecule has 0 saturated carbocycles. The van der Waals surface area contributed by atoms with E-state index in [4.69, 9.17) is 38.5 Å². The highest BCUT2D eigenvalue weighted by molar-refractivity contribution is 6.42. The molecule has 0 aliphatic carbocycles. The molecular weight excluding hydrogens is 375 g/mol. The van der Waals surface area contributed by atoms with Crippen LogP contribution in [0.2, 0.25) is 10.0 Å². The van der Waals surface area contributed by atoms with E-state index in [1.807, 2.05) is 23.1 Å². The van der Waals surface area contributed by atoms with E-state index in [-0.39, 0.29) is 31.4 Å². The summed E-state index contributed by atoms with van der Waals surface area (Å²) in [5.74, 6) is -0.0784. The fourth-order valence-corrected chi connectivity index (χ4v) is 3.09. The van der Waals surface area contributed by atoms with Gasteiger partial charge in [0.15, 0.2) is 0 Å². The number of amides is 1. The molecule has 138 valence electrons. The molecular formula is C18H20Cl2N4O2. The monoisotopic (exact) mass is 394 g/mol. The van der Waals surface area contributed by atoms with Gasteiger partial charge in [-0.1, -0.05) is 29.3 Å². The standard InChI is InChI=1S/C18H20Cl2N4O2/c19-15-4-3-14(11-16(15)20)17-12-23(9-10-26-17)13-18(25)24(7-1-5-21)8-2-6-22/h3-4,11,17H,1-2,7-10,12-13H2. The summed E-state index contributed by atoms with van der Waals surface area (Å²) >= 11 is 12.0. The van der Waals surface area contributed by atoms with Crippen LogP contribution >= 0.6 is 23.2 Å². The Bertz CT molecular complexity index is 696. The Balaban J connectivity index is 1.97. The molecule has 8 heteroatoms. The number of rotatable bonds is 7. The van der Waals surface area contributed by atoms with Crippen LogP contribution in [0.25, 0.3) is 0 Å². The summed E-state index contributed by atoms with van der Waals surface area (Å²) in [6.07, 6.45) is 0.330. The number of benzene rings is 1. The maximum absolute atomic E-state index is 12.6. The predicted molar refractivity (Wildman–Crippen MR) is 98.6 cm³/mol. The Morgan fingerprint density at radius 1 is 1.23 bits per heavy atom. The zero-order valence-corrected chi connectivity index (χ0v) is 15.8. The van der Waals surface area contributed by atoms with Crippen LogP contribution in [0.1, 0.15) is 24.5 Å². The minimum absolute atomic E-state index is 0.0784. The molecule has 1 atom stereocenters. The number of nitriles is 2. The third-order valence-corrected chi connectivity index (χ3v) is 4.90. The number of halogens is 2. The van der Waals surface area contributed by atoms with Crippen molar-refractivity contribution in [2.75, 3.05) is 39.3 Å². The van der Waals surface area contributed by atoms with Crippen molar-refractivity contribution in [3.05, 3.63) is 33.8 Å². The predicted octanol–water partition coefficient (Wildman–Crippen LogP) is 3.02. The Kier molecular flexibility index (Phi) is 8.15. The van der Waals surface area contributed by atoms with Gasteiger partial charge in [-0.05, 0) is 17.7 Å². The average molecular weight is 395 g/mol. The zero-order chi connectivity index (χ0) is 18.9. The molecule has 1 saturated heterocycles. The van der Waals surface area contributed by atoms with E-state index in [2.05, 4.69) is 0 Å². The van der Waals surface area contributed by atoms with Crippen molar-refractivity contribution in [2.24, 2.45) is 0 Å². The van der Waals surface area contributed by atoms with Crippen molar-refractivity contribution in [1.82, 2.24) is 9.80 Å². The average Bonchev–Trinajstić information content (AvgIpc) is 2.64. The normalized spacial score (nSPS) is 17.3. The molecule has 1 aliphatic rings. The van der Waals surface area contributed by atoms with Crippen LogP contribution in [0, 0.1) is 22.7 Å². The summed E-state index contributed by atoms with van der Waals surface area (Å²) in [7, 11) is 0. The molecule has 0 N–H and O–H groups in total. The Hall–Kier alpha value is -1.83. The first-order chi connectivity index (χ1) is 12.5. The van der Waals surface area contributed by atoms with E-state index in [0.717, 1.165) is 5.56 Å². The van der Waals surface area contributed by atoms with Crippen molar-refractivity contribution in [3.63, 3.8) is 0 Å². The largest absolute Gasteiger partial charge is 0.371 e. The summed E-state index contributed by atoms with van der Waals surface area (Å²) in [5.41, 5.74) is 0.919. The summed E-state index contributed by atoms with van der Waals surface area (Å²) in [6, 6.07) is 9.47. The summed E-state index contributed by atoms with van der Waals surface area (Å²) < 4.78 is 5.81. The second-order valence-corrected chi connectivity index (χ2v) is 6.78. The van der Waals surface area contributed by atoms with Gasteiger partial charge in [-0.2, -0.15) is 10.5 Å². The van der Waals surface area contributed by atoms with Crippen LogP contribution in [0.15, 0.2) is 18.2 Å². The van der Waals surface area contributed by atoms with E-state index in [1.165, 1.54) is 0 Å². The van der Waals surface area contributed by atoms with Crippen molar-refractivity contribution in [1.29, 1.82) is 10.5 Å². The lowest BCUT2D eigenvalue weighted by molar-refractivity contribution is -0.134. The maximum atomic E-state index is 12.6. The zero-order valence-electron chi connectivity index (χ0n) is 14.3. The fraction of sp³-hybridized carbons (Fsp3) is 0.500. The lowest BCUT2D eigenvalue weighted by Gasteiger charge is -2.34. The number of nitrogens with zero attached hydrogens (tertiary/aromatic N) is 4. The van der Waals surface area contributed by atoms with Gasteiger partial charge >= 0.3 is 0 Å². The summed E-state index contributed by atoms with van der Waals surface area (Å²) in [4.78, 5) is 16.1. The van der Waals surface area contributed by atoms with Gasteiger partial charge in [0.1, 0.15) is 0 Å². The molecule has 1 aromatic rings. The summed E-state index contributed by atoms with van der Waals surface area (Å²) in [5, 5.41) is 18.5. The highest BCUT2D eigenvalue weighted by Gasteiger charge is 2.25. The van der Waals surface area contributed by atoms with Crippen molar-refractivity contribution >= 4 is 29.1 Å². The number of ether oxygens (including phenoxy) is 1. The topological polar surface area (TPSA) is 80.4 Å². The van der Waals surface area contributed by atoms with E-state index in [9.17, 15) is 4.79 Å². The van der Waals surface area contributed by atoms with Crippen molar-refractivity contribution in [2.45, 2.75) is 18.9 Å². The van der Waals surface area contributed by atoms with Gasteiger partial charge in [-0.25, -0.2) is 0 Å². The van der Waals surface area contributed by atoms with Crippen molar-refractivity contribution in [3.8, 4) is 12.1 Å². The minimum Gasteiger partial charge on any atom is -0.371 e. The molecule has 26 heavy (non-hydrogen) atoms. The molecule has 2 rings (SSSR count). The molecule has 0 aromatic heterocycles. The second-order valence-electron chi connectivity index (χ2n) is 5.97. The Morgan fingerprint density at radius 3 is 2.54 bits per heavy atom. The first kappa shape index (κ1) is 20.5. The first-order valence-corrected chi connectivity index (χ1v) is 9.11. The van der Waals surface area contributed by atoms with E-state index >= 15 is 0 Å². The Labute approximate surface area is 163 Å². The molecule has 0 bridgehead atoms. The van der Waals surface area contributed by atoms with E-state index < -0.39 is 0 Å².